The van der Waals surface area contributed by atoms with E-state index in [-0.39, 0.29) is 12.1 Å². The van der Waals surface area contributed by atoms with E-state index in [1.807, 2.05) is 5.59 Å². The molecule has 1 heterocycles. The molecule has 0 radical (unpaired) electrons. The third-order valence-corrected chi connectivity index (χ3v) is 2.36. The van der Waals surface area contributed by atoms with Crippen LogP contribution in [0.5, 0.6) is 0 Å². The highest BCUT2D eigenvalue weighted by Crippen LogP contribution is 2.09. The first-order valence-electron chi connectivity index (χ1n) is 4.78. The minimum atomic E-state index is -0.362. The Kier molecular flexibility index (Phi) is 4.81. The number of likely N-dealkylation sites (tertiary alicyclic amines) is 1. The summed E-state index contributed by atoms with van der Waals surface area (Å²) >= 11 is 0. The van der Waals surface area contributed by atoms with Crippen molar-refractivity contribution in [2.45, 2.75) is 25.4 Å². The zero-order valence-electron chi connectivity index (χ0n) is 8.11. The summed E-state index contributed by atoms with van der Waals surface area (Å²) in [6.07, 6.45) is 1.71. The number of nitrogens with one attached hydrogen (secondary N) is 1. The third-order valence-electron chi connectivity index (χ3n) is 2.36. The van der Waals surface area contributed by atoms with Crippen LogP contribution < -0.4 is 11.4 Å². The van der Waals surface area contributed by atoms with Crippen LogP contribution in [0.2, 0.25) is 0 Å². The van der Waals surface area contributed by atoms with Gasteiger partial charge in [-0.25, -0.2) is 5.84 Å². The fraction of sp³-hybridized carbons (Fsp3) is 0.875. The smallest absolute Gasteiger partial charge is 0.327 e. The predicted molar refractivity (Wildman–Crippen MR) is 49.7 cm³/mol. The van der Waals surface area contributed by atoms with Gasteiger partial charge in [0.25, 0.3) is 0 Å². The maximum absolute atomic E-state index is 10.9. The third kappa shape index (κ3) is 4.01. The lowest BCUT2D eigenvalue weighted by Gasteiger charge is -2.28. The van der Waals surface area contributed by atoms with Crippen LogP contribution in [0.1, 0.15) is 19.3 Å². The quantitative estimate of drug-likeness (QED) is 0.391. The average Bonchev–Trinajstić information content (AvgIpc) is 2.17. The highest BCUT2D eigenvalue weighted by atomic mass is 16.7. The Morgan fingerprint density at radius 1 is 1.57 bits per heavy atom. The molecule has 0 bridgehead atoms. The fourth-order valence-electron chi connectivity index (χ4n) is 1.51. The molecule has 1 fully saturated rings. The lowest BCUT2D eigenvalue weighted by Crippen LogP contribution is -2.37. The van der Waals surface area contributed by atoms with Crippen molar-refractivity contribution in [3.05, 3.63) is 0 Å². The minimum absolute atomic E-state index is 0.177. The fourth-order valence-corrected chi connectivity index (χ4v) is 1.51. The second-order valence-corrected chi connectivity index (χ2v) is 3.41. The van der Waals surface area contributed by atoms with Crippen molar-refractivity contribution in [2.24, 2.45) is 5.84 Å². The van der Waals surface area contributed by atoms with Gasteiger partial charge in [-0.1, -0.05) is 5.59 Å². The standard InChI is InChI=1S/C8H17N3O3/c9-10-14-8(13)3-6-11-4-1-7(12)2-5-11/h7,10,12H,1-6,9H2. The molecule has 0 atom stereocenters. The van der Waals surface area contributed by atoms with Crippen LogP contribution in [-0.4, -0.2) is 41.7 Å². The minimum Gasteiger partial charge on any atom is -0.393 e. The van der Waals surface area contributed by atoms with Crippen molar-refractivity contribution in [3.8, 4) is 0 Å². The van der Waals surface area contributed by atoms with Crippen LogP contribution in [0.15, 0.2) is 0 Å². The molecule has 0 aromatic rings. The van der Waals surface area contributed by atoms with Crippen molar-refractivity contribution >= 4 is 5.97 Å². The number of aliphatic hydroxyl groups is 1. The van der Waals surface area contributed by atoms with E-state index in [1.165, 1.54) is 0 Å². The van der Waals surface area contributed by atoms with Crippen LogP contribution >= 0.6 is 0 Å². The van der Waals surface area contributed by atoms with E-state index in [0.717, 1.165) is 25.9 Å². The number of rotatable bonds is 4. The van der Waals surface area contributed by atoms with Gasteiger partial charge in [0.05, 0.1) is 12.5 Å². The van der Waals surface area contributed by atoms with E-state index in [9.17, 15) is 9.90 Å². The highest BCUT2D eigenvalue weighted by molar-refractivity contribution is 5.69. The van der Waals surface area contributed by atoms with E-state index in [4.69, 9.17) is 5.84 Å². The summed E-state index contributed by atoms with van der Waals surface area (Å²) in [5, 5.41) is 9.24. The molecule has 0 aromatic heterocycles. The van der Waals surface area contributed by atoms with Crippen LogP contribution in [0.4, 0.5) is 0 Å². The van der Waals surface area contributed by atoms with Crippen LogP contribution in [0.25, 0.3) is 0 Å². The molecule has 1 aliphatic heterocycles. The van der Waals surface area contributed by atoms with Gasteiger partial charge in [-0.05, 0) is 12.8 Å². The largest absolute Gasteiger partial charge is 0.393 e. The van der Waals surface area contributed by atoms with Crippen molar-refractivity contribution in [1.29, 1.82) is 0 Å². The molecular formula is C8H17N3O3. The van der Waals surface area contributed by atoms with Gasteiger partial charge in [0, 0.05) is 19.6 Å². The molecule has 1 saturated heterocycles. The molecule has 0 spiro atoms. The molecule has 1 aliphatic rings. The summed E-state index contributed by atoms with van der Waals surface area (Å²) in [6.45, 7) is 2.34. The zero-order chi connectivity index (χ0) is 10.4. The lowest BCUT2D eigenvalue weighted by molar-refractivity contribution is -0.151. The number of hydrogen-bond acceptors (Lipinski definition) is 6. The van der Waals surface area contributed by atoms with E-state index in [1.54, 1.807) is 0 Å². The SMILES string of the molecule is NNOC(=O)CCN1CCC(O)CC1. The van der Waals surface area contributed by atoms with E-state index in [0.29, 0.717) is 13.0 Å². The summed E-state index contributed by atoms with van der Waals surface area (Å²) in [5.41, 5.74) is 1.85. The molecule has 4 N–H and O–H groups in total. The predicted octanol–water partition coefficient (Wildman–Crippen LogP) is -1.25. The molecular weight excluding hydrogens is 186 g/mol. The Morgan fingerprint density at radius 2 is 2.21 bits per heavy atom. The molecule has 0 aromatic carbocycles. The first kappa shape index (κ1) is 11.4. The summed E-state index contributed by atoms with van der Waals surface area (Å²) in [4.78, 5) is 17.4. The van der Waals surface area contributed by atoms with Gasteiger partial charge in [-0.3, -0.25) is 4.79 Å². The molecule has 0 aliphatic carbocycles. The Bertz CT molecular complexity index is 181. The molecule has 0 saturated carbocycles. The Labute approximate surface area is 82.9 Å². The second kappa shape index (κ2) is 5.92. The van der Waals surface area contributed by atoms with Gasteiger partial charge >= 0.3 is 5.97 Å². The molecule has 6 heteroatoms. The Hall–Kier alpha value is -0.690. The molecule has 14 heavy (non-hydrogen) atoms. The highest BCUT2D eigenvalue weighted by Gasteiger charge is 2.17. The normalized spacial score (nSPS) is 19.6. The van der Waals surface area contributed by atoms with Crippen molar-refractivity contribution in [1.82, 2.24) is 10.5 Å². The maximum Gasteiger partial charge on any atom is 0.327 e. The number of carbonyl (C=O) groups excluding carboxylic acids is 1. The average molecular weight is 203 g/mol. The number of nitrogens with two attached hydrogens (primary N) is 1. The summed E-state index contributed by atoms with van der Waals surface area (Å²) in [6, 6.07) is 0. The second-order valence-electron chi connectivity index (χ2n) is 3.41. The van der Waals surface area contributed by atoms with Gasteiger partial charge in [0.1, 0.15) is 0 Å². The van der Waals surface area contributed by atoms with Crippen LogP contribution in [-0.2, 0) is 9.63 Å². The van der Waals surface area contributed by atoms with Crippen molar-refractivity contribution < 1.29 is 14.7 Å². The number of hydrazine groups is 1. The molecule has 82 valence electrons. The van der Waals surface area contributed by atoms with Gasteiger partial charge in [-0.15, -0.1) is 0 Å². The van der Waals surface area contributed by atoms with Crippen molar-refractivity contribution in [3.63, 3.8) is 0 Å². The molecule has 0 unspecified atom stereocenters. The Morgan fingerprint density at radius 3 is 2.79 bits per heavy atom. The first-order chi connectivity index (χ1) is 6.72. The van der Waals surface area contributed by atoms with Gasteiger partial charge < -0.3 is 14.8 Å². The maximum atomic E-state index is 10.9. The number of aliphatic hydroxyl groups excluding tert-OH is 1. The number of carbonyl (C=O) groups is 1. The molecule has 6 nitrogen and oxygen atoms in total. The summed E-state index contributed by atoms with van der Waals surface area (Å²) in [7, 11) is 0. The van der Waals surface area contributed by atoms with E-state index in [2.05, 4.69) is 9.74 Å². The number of nitrogens with zero attached hydrogens (tertiary/aromatic N) is 1. The first-order valence-corrected chi connectivity index (χ1v) is 4.78. The van der Waals surface area contributed by atoms with E-state index < -0.39 is 0 Å². The number of hydrogen-bond donors (Lipinski definition) is 3. The molecule has 1 rings (SSSR count). The molecule has 0 amide bonds. The van der Waals surface area contributed by atoms with E-state index >= 15 is 0 Å². The lowest BCUT2D eigenvalue weighted by atomic mass is 10.1. The topological polar surface area (TPSA) is 87.8 Å². The van der Waals surface area contributed by atoms with Crippen LogP contribution in [0.3, 0.4) is 0 Å². The summed E-state index contributed by atoms with van der Waals surface area (Å²) in [5.74, 6) is 4.45. The van der Waals surface area contributed by atoms with Gasteiger partial charge in [-0.2, -0.15) is 0 Å². The van der Waals surface area contributed by atoms with Gasteiger partial charge in [0.2, 0.25) is 0 Å². The van der Waals surface area contributed by atoms with Gasteiger partial charge in [0.15, 0.2) is 0 Å². The zero-order valence-corrected chi connectivity index (χ0v) is 8.11. The van der Waals surface area contributed by atoms with Crippen LogP contribution in [0, 0.1) is 0 Å². The van der Waals surface area contributed by atoms with Crippen molar-refractivity contribution in [2.75, 3.05) is 19.6 Å². The summed E-state index contributed by atoms with van der Waals surface area (Å²) < 4.78 is 0. The Balaban J connectivity index is 2.09. The monoisotopic (exact) mass is 203 g/mol. The number of piperidine rings is 1.